The van der Waals surface area contributed by atoms with Crippen LogP contribution in [0.3, 0.4) is 0 Å². The number of halogens is 1. The second-order valence-corrected chi connectivity index (χ2v) is 4.83. The van der Waals surface area contributed by atoms with Crippen molar-refractivity contribution in [1.29, 1.82) is 0 Å². The third-order valence-corrected chi connectivity index (χ3v) is 2.85. The zero-order valence-electron chi connectivity index (χ0n) is 6.91. The fourth-order valence-electron chi connectivity index (χ4n) is 0.791. The van der Waals surface area contributed by atoms with Gasteiger partial charge in [0.25, 0.3) is 0 Å². The van der Waals surface area contributed by atoms with E-state index in [1.54, 1.807) is 12.3 Å². The van der Waals surface area contributed by atoms with Gasteiger partial charge in [-0.15, -0.1) is 11.3 Å². The van der Waals surface area contributed by atoms with Crippen LogP contribution in [0.15, 0.2) is 11.4 Å². The third kappa shape index (κ3) is 2.38. The minimum absolute atomic E-state index is 0.0301. The van der Waals surface area contributed by atoms with E-state index < -0.39 is 5.91 Å². The summed E-state index contributed by atoms with van der Waals surface area (Å²) in [4.78, 5) is 22.4. The molecular weight excluding hydrogens is 254 g/mol. The van der Waals surface area contributed by atoms with Crippen molar-refractivity contribution in [2.75, 3.05) is 0 Å². The average Bonchev–Trinajstić information content (AvgIpc) is 2.50. The van der Waals surface area contributed by atoms with Crippen molar-refractivity contribution >= 4 is 39.0 Å². The molecule has 0 aliphatic carbocycles. The molecule has 0 aliphatic heterocycles. The van der Waals surface area contributed by atoms with Crippen LogP contribution in [-0.2, 0) is 0 Å². The molecule has 0 saturated carbocycles. The number of carbonyl (C=O) groups excluding carboxylic acids is 2. The zero-order valence-corrected chi connectivity index (χ0v) is 9.31. The summed E-state index contributed by atoms with van der Waals surface area (Å²) in [6.45, 7) is 1.74. The summed E-state index contributed by atoms with van der Waals surface area (Å²) in [5.41, 5.74) is 5.44. The number of amides is 1. The number of thiophene rings is 1. The second kappa shape index (κ2) is 4.02. The van der Waals surface area contributed by atoms with E-state index in [1.165, 1.54) is 17.4 Å². The zero-order chi connectivity index (χ0) is 10.0. The van der Waals surface area contributed by atoms with Crippen LogP contribution >= 0.6 is 27.3 Å². The van der Waals surface area contributed by atoms with Crippen molar-refractivity contribution in [3.05, 3.63) is 21.9 Å². The fourth-order valence-corrected chi connectivity index (χ4v) is 2.11. The van der Waals surface area contributed by atoms with Crippen LogP contribution < -0.4 is 5.73 Å². The highest BCUT2D eigenvalue weighted by Gasteiger charge is 2.15. The van der Waals surface area contributed by atoms with Crippen molar-refractivity contribution in [2.45, 2.75) is 11.8 Å². The highest BCUT2D eigenvalue weighted by atomic mass is 79.9. The maximum atomic E-state index is 11.4. The standard InChI is InChI=1S/C8H8BrNO2S/c1-4(9)7(11)6-2-5(3-13-6)8(10)12/h2-4H,1H3,(H2,10,12). The molecule has 1 amide bonds. The Bertz CT molecular complexity index is 346. The molecule has 1 aromatic rings. The van der Waals surface area contributed by atoms with Crippen molar-refractivity contribution in [3.63, 3.8) is 0 Å². The lowest BCUT2D eigenvalue weighted by molar-refractivity contribution is 0.0997. The lowest BCUT2D eigenvalue weighted by Crippen LogP contribution is -2.10. The van der Waals surface area contributed by atoms with Gasteiger partial charge >= 0.3 is 0 Å². The summed E-state index contributed by atoms with van der Waals surface area (Å²) in [5, 5.41) is 1.59. The SMILES string of the molecule is CC(Br)C(=O)c1cc(C(N)=O)cs1. The lowest BCUT2D eigenvalue weighted by Gasteiger charge is -1.96. The van der Waals surface area contributed by atoms with Crippen molar-refractivity contribution in [3.8, 4) is 0 Å². The Hall–Kier alpha value is -0.680. The molecule has 0 bridgehead atoms. The first-order valence-electron chi connectivity index (χ1n) is 3.59. The Morgan fingerprint density at radius 2 is 2.23 bits per heavy atom. The van der Waals surface area contributed by atoms with Gasteiger partial charge < -0.3 is 5.73 Å². The lowest BCUT2D eigenvalue weighted by atomic mass is 10.2. The van der Waals surface area contributed by atoms with Gasteiger partial charge in [0.2, 0.25) is 5.91 Å². The number of nitrogens with two attached hydrogens (primary N) is 1. The maximum Gasteiger partial charge on any atom is 0.249 e. The van der Waals surface area contributed by atoms with Gasteiger partial charge in [0.15, 0.2) is 5.78 Å². The Balaban J connectivity index is 2.92. The van der Waals surface area contributed by atoms with Crippen molar-refractivity contribution < 1.29 is 9.59 Å². The minimum atomic E-state index is -0.502. The summed E-state index contributed by atoms with van der Waals surface area (Å²) in [7, 11) is 0. The van der Waals surface area contributed by atoms with E-state index in [2.05, 4.69) is 15.9 Å². The van der Waals surface area contributed by atoms with E-state index >= 15 is 0 Å². The molecule has 0 fully saturated rings. The number of primary amides is 1. The van der Waals surface area contributed by atoms with Gasteiger partial charge in [-0.05, 0) is 13.0 Å². The van der Waals surface area contributed by atoms with Crippen LogP contribution in [0.4, 0.5) is 0 Å². The number of ketones is 1. The smallest absolute Gasteiger partial charge is 0.249 e. The molecule has 1 rings (SSSR count). The molecule has 70 valence electrons. The Labute approximate surface area is 88.1 Å². The first-order valence-corrected chi connectivity index (χ1v) is 5.38. The van der Waals surface area contributed by atoms with Gasteiger partial charge in [0, 0.05) is 5.38 Å². The summed E-state index contributed by atoms with van der Waals surface area (Å²) >= 11 is 4.40. The minimum Gasteiger partial charge on any atom is -0.366 e. The molecule has 3 nitrogen and oxygen atoms in total. The molecule has 1 aromatic heterocycles. The van der Waals surface area contributed by atoms with Crippen LogP contribution in [0.1, 0.15) is 27.0 Å². The number of hydrogen-bond donors (Lipinski definition) is 1. The topological polar surface area (TPSA) is 60.2 Å². The highest BCUT2D eigenvalue weighted by Crippen LogP contribution is 2.18. The molecule has 0 saturated heterocycles. The van der Waals surface area contributed by atoms with Gasteiger partial charge in [-0.1, -0.05) is 15.9 Å². The molecule has 13 heavy (non-hydrogen) atoms. The predicted octanol–water partition coefficient (Wildman–Crippen LogP) is 1.81. The van der Waals surface area contributed by atoms with Gasteiger partial charge in [-0.25, -0.2) is 0 Å². The Morgan fingerprint density at radius 3 is 2.62 bits per heavy atom. The number of alkyl halides is 1. The molecule has 0 aromatic carbocycles. The average molecular weight is 262 g/mol. The summed E-state index contributed by atoms with van der Waals surface area (Å²) in [6.07, 6.45) is 0. The first-order chi connectivity index (χ1) is 6.02. The second-order valence-electron chi connectivity index (χ2n) is 2.54. The predicted molar refractivity (Wildman–Crippen MR) is 55.6 cm³/mol. The fraction of sp³-hybridized carbons (Fsp3) is 0.250. The summed E-state index contributed by atoms with van der Waals surface area (Å²) in [5.74, 6) is -0.532. The van der Waals surface area contributed by atoms with Crippen LogP contribution in [0.2, 0.25) is 0 Å². The summed E-state index contributed by atoms with van der Waals surface area (Å²) in [6, 6.07) is 1.52. The molecule has 1 heterocycles. The van der Waals surface area contributed by atoms with E-state index in [-0.39, 0.29) is 10.6 Å². The van der Waals surface area contributed by atoms with Crippen LogP contribution in [0.5, 0.6) is 0 Å². The van der Waals surface area contributed by atoms with E-state index in [4.69, 9.17) is 5.73 Å². The Morgan fingerprint density at radius 1 is 1.62 bits per heavy atom. The largest absolute Gasteiger partial charge is 0.366 e. The van der Waals surface area contributed by atoms with Gasteiger partial charge in [0.05, 0.1) is 15.3 Å². The Kier molecular flexibility index (Phi) is 3.22. The molecule has 5 heteroatoms. The van der Waals surface area contributed by atoms with E-state index in [1.807, 2.05) is 0 Å². The molecule has 1 atom stereocenters. The number of hydrogen-bond acceptors (Lipinski definition) is 3. The first kappa shape index (κ1) is 10.4. The number of Topliss-reactive ketones (excluding diaryl/α,β-unsaturated/α-hetero) is 1. The number of rotatable bonds is 3. The molecule has 0 spiro atoms. The van der Waals surface area contributed by atoms with Crippen molar-refractivity contribution in [1.82, 2.24) is 0 Å². The van der Waals surface area contributed by atoms with Crippen molar-refractivity contribution in [2.24, 2.45) is 5.73 Å². The van der Waals surface area contributed by atoms with Gasteiger partial charge in [0.1, 0.15) is 0 Å². The number of carbonyl (C=O) groups is 2. The monoisotopic (exact) mass is 261 g/mol. The highest BCUT2D eigenvalue weighted by molar-refractivity contribution is 9.10. The maximum absolute atomic E-state index is 11.4. The van der Waals surface area contributed by atoms with Crippen LogP contribution in [0.25, 0.3) is 0 Å². The molecule has 2 N–H and O–H groups in total. The molecular formula is C8H8BrNO2S. The van der Waals surface area contributed by atoms with Gasteiger partial charge in [-0.3, -0.25) is 9.59 Å². The summed E-state index contributed by atoms with van der Waals surface area (Å²) < 4.78 is 0. The van der Waals surface area contributed by atoms with Gasteiger partial charge in [-0.2, -0.15) is 0 Å². The van der Waals surface area contributed by atoms with E-state index in [0.717, 1.165) is 0 Å². The van der Waals surface area contributed by atoms with E-state index in [9.17, 15) is 9.59 Å². The van der Waals surface area contributed by atoms with Crippen LogP contribution in [-0.4, -0.2) is 16.5 Å². The quantitative estimate of drug-likeness (QED) is 0.667. The third-order valence-electron chi connectivity index (χ3n) is 1.49. The molecule has 0 radical (unpaired) electrons. The normalized spacial score (nSPS) is 12.5. The molecule has 0 aliphatic rings. The molecule has 1 unspecified atom stereocenters. The van der Waals surface area contributed by atoms with E-state index in [0.29, 0.717) is 10.4 Å². The van der Waals surface area contributed by atoms with Crippen LogP contribution in [0, 0.1) is 0 Å².